The third kappa shape index (κ3) is 1.60. The molecule has 0 saturated carbocycles. The zero-order valence-electron chi connectivity index (χ0n) is 9.71. The van der Waals surface area contributed by atoms with E-state index < -0.39 is 5.60 Å². The maximum absolute atomic E-state index is 10.8. The molecule has 2 heterocycles. The van der Waals surface area contributed by atoms with E-state index in [1.165, 1.54) is 0 Å². The summed E-state index contributed by atoms with van der Waals surface area (Å²) in [6.45, 7) is 0. The van der Waals surface area contributed by atoms with E-state index in [2.05, 4.69) is 6.19 Å². The molecule has 2 fully saturated rings. The van der Waals surface area contributed by atoms with Gasteiger partial charge in [0.05, 0.1) is 5.60 Å². The lowest BCUT2D eigenvalue weighted by molar-refractivity contribution is -0.0411. The van der Waals surface area contributed by atoms with Crippen molar-refractivity contribution in [1.82, 2.24) is 4.90 Å². The van der Waals surface area contributed by atoms with Crippen LogP contribution in [0.15, 0.2) is 30.3 Å². The largest absolute Gasteiger partial charge is 0.385 e. The van der Waals surface area contributed by atoms with Gasteiger partial charge in [0.25, 0.3) is 0 Å². The van der Waals surface area contributed by atoms with Gasteiger partial charge in [-0.05, 0) is 18.4 Å². The van der Waals surface area contributed by atoms with Gasteiger partial charge < -0.3 is 10.0 Å². The number of hydrogen-bond acceptors (Lipinski definition) is 3. The summed E-state index contributed by atoms with van der Waals surface area (Å²) in [5, 5.41) is 19.9. The van der Waals surface area contributed by atoms with Crippen molar-refractivity contribution in [2.24, 2.45) is 0 Å². The van der Waals surface area contributed by atoms with Gasteiger partial charge in [-0.15, -0.1) is 0 Å². The van der Waals surface area contributed by atoms with Crippen LogP contribution < -0.4 is 0 Å². The second kappa shape index (κ2) is 3.75. The molecular weight excluding hydrogens is 212 g/mol. The molecule has 3 nitrogen and oxygen atoms in total. The first-order valence-electron chi connectivity index (χ1n) is 6.19. The molecule has 0 unspecified atom stereocenters. The molecule has 2 saturated heterocycles. The molecule has 0 amide bonds. The van der Waals surface area contributed by atoms with Gasteiger partial charge in [0.15, 0.2) is 6.19 Å². The van der Waals surface area contributed by atoms with Crippen molar-refractivity contribution in [3.05, 3.63) is 35.9 Å². The highest BCUT2D eigenvalue weighted by Gasteiger charge is 2.48. The topological polar surface area (TPSA) is 47.3 Å². The van der Waals surface area contributed by atoms with Crippen molar-refractivity contribution in [3.63, 3.8) is 0 Å². The number of piperidine rings is 1. The number of benzene rings is 1. The molecule has 1 N–H and O–H groups in total. The molecule has 0 radical (unpaired) electrons. The van der Waals surface area contributed by atoms with Crippen LogP contribution in [0.25, 0.3) is 0 Å². The van der Waals surface area contributed by atoms with E-state index in [9.17, 15) is 5.11 Å². The predicted octanol–water partition coefficient (Wildman–Crippen LogP) is 1.98. The maximum Gasteiger partial charge on any atom is 0.179 e. The van der Waals surface area contributed by atoms with E-state index in [-0.39, 0.29) is 12.1 Å². The van der Waals surface area contributed by atoms with Gasteiger partial charge >= 0.3 is 0 Å². The van der Waals surface area contributed by atoms with Gasteiger partial charge in [0.1, 0.15) is 0 Å². The number of fused-ring (bicyclic) bond motifs is 2. The zero-order valence-corrected chi connectivity index (χ0v) is 9.71. The molecule has 1 aromatic rings. The summed E-state index contributed by atoms with van der Waals surface area (Å²) >= 11 is 0. The monoisotopic (exact) mass is 228 g/mol. The molecule has 2 atom stereocenters. The highest BCUT2D eigenvalue weighted by atomic mass is 16.3. The first-order chi connectivity index (χ1) is 8.23. The Hall–Kier alpha value is -1.53. The van der Waals surface area contributed by atoms with Gasteiger partial charge in [-0.1, -0.05) is 30.3 Å². The third-order valence-electron chi connectivity index (χ3n) is 4.19. The Balaban J connectivity index is 1.91. The zero-order chi connectivity index (χ0) is 11.9. The van der Waals surface area contributed by atoms with E-state index in [4.69, 9.17) is 5.26 Å². The normalized spacial score (nSPS) is 35.6. The Morgan fingerprint density at radius 2 is 1.76 bits per heavy atom. The van der Waals surface area contributed by atoms with Gasteiger partial charge in [-0.3, -0.25) is 0 Å². The number of rotatable bonds is 1. The maximum atomic E-state index is 10.8. The first kappa shape index (κ1) is 10.6. The van der Waals surface area contributed by atoms with Crippen LogP contribution in [0, 0.1) is 11.5 Å². The van der Waals surface area contributed by atoms with Crippen LogP contribution in [-0.2, 0) is 5.60 Å². The summed E-state index contributed by atoms with van der Waals surface area (Å²) in [5.74, 6) is 0. The SMILES string of the molecule is N#CN1[C@H]2CC[C@H]1CC(O)(c1ccccc1)C2. The highest BCUT2D eigenvalue weighted by molar-refractivity contribution is 5.25. The first-order valence-corrected chi connectivity index (χ1v) is 6.19. The summed E-state index contributed by atoms with van der Waals surface area (Å²) < 4.78 is 0. The Labute approximate surface area is 101 Å². The van der Waals surface area contributed by atoms with Crippen LogP contribution in [0.3, 0.4) is 0 Å². The van der Waals surface area contributed by atoms with Crippen molar-refractivity contribution in [3.8, 4) is 6.19 Å². The summed E-state index contributed by atoms with van der Waals surface area (Å²) in [6.07, 6.45) is 5.71. The molecular formula is C14H16N2O. The van der Waals surface area contributed by atoms with Gasteiger partial charge in [0, 0.05) is 24.9 Å². The van der Waals surface area contributed by atoms with Gasteiger partial charge in [-0.2, -0.15) is 5.26 Å². The van der Waals surface area contributed by atoms with Crippen LogP contribution in [0.5, 0.6) is 0 Å². The molecule has 2 aliphatic rings. The number of aliphatic hydroxyl groups is 1. The van der Waals surface area contributed by atoms with Gasteiger partial charge in [-0.25, -0.2) is 0 Å². The second-order valence-corrected chi connectivity index (χ2v) is 5.20. The second-order valence-electron chi connectivity index (χ2n) is 5.20. The van der Waals surface area contributed by atoms with Crippen molar-refractivity contribution >= 4 is 0 Å². The third-order valence-corrected chi connectivity index (χ3v) is 4.19. The van der Waals surface area contributed by atoms with Gasteiger partial charge in [0.2, 0.25) is 0 Å². The molecule has 1 aromatic carbocycles. The predicted molar refractivity (Wildman–Crippen MR) is 63.8 cm³/mol. The van der Waals surface area contributed by atoms with Crippen molar-refractivity contribution in [2.45, 2.75) is 43.4 Å². The summed E-state index contributed by atoms with van der Waals surface area (Å²) in [5.41, 5.74) is 0.259. The van der Waals surface area contributed by atoms with E-state index in [0.29, 0.717) is 12.8 Å². The molecule has 0 aromatic heterocycles. The minimum atomic E-state index is -0.736. The summed E-state index contributed by atoms with van der Waals surface area (Å²) in [4.78, 5) is 1.89. The highest BCUT2D eigenvalue weighted by Crippen LogP contribution is 2.45. The quantitative estimate of drug-likeness (QED) is 0.748. The van der Waals surface area contributed by atoms with Crippen molar-refractivity contribution in [2.75, 3.05) is 0 Å². The van der Waals surface area contributed by atoms with Crippen LogP contribution in [0.1, 0.15) is 31.2 Å². The molecule has 0 aliphatic carbocycles. The number of nitrogens with zero attached hydrogens (tertiary/aromatic N) is 2. The minimum Gasteiger partial charge on any atom is -0.385 e. The fraction of sp³-hybridized carbons (Fsp3) is 0.500. The van der Waals surface area contributed by atoms with Crippen LogP contribution >= 0.6 is 0 Å². The molecule has 3 heteroatoms. The average molecular weight is 228 g/mol. The Bertz CT molecular complexity index is 437. The van der Waals surface area contributed by atoms with Crippen LogP contribution in [0.4, 0.5) is 0 Å². The minimum absolute atomic E-state index is 0.226. The Morgan fingerprint density at radius 3 is 2.29 bits per heavy atom. The lowest BCUT2D eigenvalue weighted by Crippen LogP contribution is -2.47. The fourth-order valence-electron chi connectivity index (χ4n) is 3.37. The average Bonchev–Trinajstić information content (AvgIpc) is 2.62. The number of hydrogen-bond donors (Lipinski definition) is 1. The lowest BCUT2D eigenvalue weighted by atomic mass is 9.81. The van der Waals surface area contributed by atoms with E-state index in [1.807, 2.05) is 35.2 Å². The molecule has 2 aliphatic heterocycles. The fourth-order valence-corrected chi connectivity index (χ4v) is 3.37. The molecule has 3 rings (SSSR count). The molecule has 88 valence electrons. The summed E-state index contributed by atoms with van der Waals surface area (Å²) in [6, 6.07) is 10.3. The van der Waals surface area contributed by atoms with E-state index >= 15 is 0 Å². The smallest absolute Gasteiger partial charge is 0.179 e. The lowest BCUT2D eigenvalue weighted by Gasteiger charge is -2.41. The van der Waals surface area contributed by atoms with Crippen LogP contribution in [0.2, 0.25) is 0 Å². The van der Waals surface area contributed by atoms with Crippen molar-refractivity contribution in [1.29, 1.82) is 5.26 Å². The standard InChI is InChI=1S/C14H16N2O/c15-10-16-12-6-7-13(16)9-14(17,8-12)11-4-2-1-3-5-11/h1-5,12-13,17H,6-9H2/t12-,13-/m0/s1. The number of nitriles is 1. The van der Waals surface area contributed by atoms with E-state index in [0.717, 1.165) is 18.4 Å². The van der Waals surface area contributed by atoms with Crippen molar-refractivity contribution < 1.29 is 5.11 Å². The van der Waals surface area contributed by atoms with E-state index in [1.54, 1.807) is 0 Å². The molecule has 17 heavy (non-hydrogen) atoms. The molecule has 2 bridgehead atoms. The Kier molecular flexibility index (Phi) is 2.34. The van der Waals surface area contributed by atoms with Crippen LogP contribution in [-0.4, -0.2) is 22.1 Å². The Morgan fingerprint density at radius 1 is 1.18 bits per heavy atom. The molecule has 0 spiro atoms. The summed E-state index contributed by atoms with van der Waals surface area (Å²) in [7, 11) is 0.